The molecule has 18 heavy (non-hydrogen) atoms. The van der Waals surface area contributed by atoms with E-state index >= 15 is 0 Å². The molecule has 6 heteroatoms. The number of allylic oxidation sites excluding steroid dienone is 1. The Kier molecular flexibility index (Phi) is 8.47. The van der Waals surface area contributed by atoms with Gasteiger partial charge in [-0.05, 0) is 26.0 Å². The molecule has 0 aliphatic carbocycles. The molecule has 0 aromatic rings. The summed E-state index contributed by atoms with van der Waals surface area (Å²) < 4.78 is 0. The topological polar surface area (TPSA) is 95.5 Å². The van der Waals surface area contributed by atoms with Crippen LogP contribution in [0.4, 0.5) is 0 Å². The van der Waals surface area contributed by atoms with Gasteiger partial charge in [0, 0.05) is 19.0 Å². The average molecular weight is 256 g/mol. The summed E-state index contributed by atoms with van der Waals surface area (Å²) in [4.78, 5) is 32.8. The molecule has 0 unspecified atom stereocenters. The van der Waals surface area contributed by atoms with E-state index in [0.29, 0.717) is 25.8 Å². The first-order chi connectivity index (χ1) is 8.51. The quantitative estimate of drug-likeness (QED) is 0.401. The molecule has 0 aliphatic rings. The highest BCUT2D eigenvalue weighted by molar-refractivity contribution is 5.97. The number of nitrogens with one attached hydrogen (secondary N) is 2. The minimum absolute atomic E-state index is 0.105. The number of carboxylic acids is 1. The van der Waals surface area contributed by atoms with E-state index in [-0.39, 0.29) is 11.7 Å². The summed E-state index contributed by atoms with van der Waals surface area (Å²) in [6.07, 6.45) is 3.79. The van der Waals surface area contributed by atoms with Gasteiger partial charge in [0.15, 0.2) is 5.78 Å². The smallest absolute Gasteiger partial charge is 0.320 e. The molecule has 0 aromatic carbocycles. The van der Waals surface area contributed by atoms with Crippen molar-refractivity contribution in [2.24, 2.45) is 0 Å². The number of aliphatic carboxylic acids is 1. The van der Waals surface area contributed by atoms with Crippen LogP contribution < -0.4 is 10.6 Å². The van der Waals surface area contributed by atoms with Crippen LogP contribution in [-0.2, 0) is 14.4 Å². The SMILES string of the molecule is CCC(=O)/C=C/C(=O)NCCC[C@H](NC)C(=O)O. The molecule has 3 N–H and O–H groups in total. The molecular weight excluding hydrogens is 236 g/mol. The highest BCUT2D eigenvalue weighted by Gasteiger charge is 2.13. The van der Waals surface area contributed by atoms with Crippen LogP contribution in [0.5, 0.6) is 0 Å². The van der Waals surface area contributed by atoms with Crippen molar-refractivity contribution in [3.8, 4) is 0 Å². The molecule has 0 radical (unpaired) electrons. The van der Waals surface area contributed by atoms with E-state index in [1.807, 2.05) is 0 Å². The summed E-state index contributed by atoms with van der Waals surface area (Å²) in [6, 6.07) is -0.598. The first-order valence-electron chi connectivity index (χ1n) is 5.90. The average Bonchev–Trinajstić information content (AvgIpc) is 2.35. The zero-order valence-corrected chi connectivity index (χ0v) is 10.7. The lowest BCUT2D eigenvalue weighted by molar-refractivity contribution is -0.139. The second-order valence-electron chi connectivity index (χ2n) is 3.77. The molecule has 0 aliphatic heterocycles. The molecule has 102 valence electrons. The molecule has 1 amide bonds. The van der Waals surface area contributed by atoms with Gasteiger partial charge < -0.3 is 15.7 Å². The van der Waals surface area contributed by atoms with Crippen LogP contribution in [0.1, 0.15) is 26.2 Å². The van der Waals surface area contributed by atoms with Crippen molar-refractivity contribution >= 4 is 17.7 Å². The van der Waals surface area contributed by atoms with Gasteiger partial charge in [-0.3, -0.25) is 14.4 Å². The van der Waals surface area contributed by atoms with Crippen molar-refractivity contribution in [2.45, 2.75) is 32.2 Å². The van der Waals surface area contributed by atoms with E-state index in [0.717, 1.165) is 0 Å². The van der Waals surface area contributed by atoms with Gasteiger partial charge in [0.1, 0.15) is 6.04 Å². The maximum atomic E-state index is 11.2. The molecule has 0 saturated carbocycles. The number of hydrogen-bond acceptors (Lipinski definition) is 4. The lowest BCUT2D eigenvalue weighted by Crippen LogP contribution is -2.34. The number of carbonyl (C=O) groups is 3. The standard InChI is InChI=1S/C12H20N2O4/c1-3-9(15)6-7-11(16)14-8-4-5-10(13-2)12(17)18/h6-7,10,13H,3-5,8H2,1-2H3,(H,14,16)(H,17,18)/b7-6+/t10-/m0/s1. The predicted molar refractivity (Wildman–Crippen MR) is 67.2 cm³/mol. The van der Waals surface area contributed by atoms with E-state index in [2.05, 4.69) is 10.6 Å². The number of carboxylic acid groups (broad SMARTS) is 1. The zero-order valence-electron chi connectivity index (χ0n) is 10.7. The number of carbonyl (C=O) groups excluding carboxylic acids is 2. The van der Waals surface area contributed by atoms with Gasteiger partial charge in [0.25, 0.3) is 0 Å². The van der Waals surface area contributed by atoms with Crippen molar-refractivity contribution in [1.82, 2.24) is 10.6 Å². The summed E-state index contributed by atoms with van der Waals surface area (Å²) in [6.45, 7) is 2.10. The van der Waals surface area contributed by atoms with Crippen LogP contribution in [0.2, 0.25) is 0 Å². The number of amides is 1. The number of hydrogen-bond donors (Lipinski definition) is 3. The van der Waals surface area contributed by atoms with Gasteiger partial charge in [-0.1, -0.05) is 6.92 Å². The Bertz CT molecular complexity index is 326. The van der Waals surface area contributed by atoms with E-state index in [1.54, 1.807) is 14.0 Å². The predicted octanol–water partition coefficient (Wildman–Crippen LogP) is 0.0907. The van der Waals surface area contributed by atoms with E-state index in [9.17, 15) is 14.4 Å². The number of rotatable bonds is 9. The van der Waals surface area contributed by atoms with Crippen LogP contribution in [0.3, 0.4) is 0 Å². The molecular formula is C12H20N2O4. The van der Waals surface area contributed by atoms with Crippen LogP contribution in [-0.4, -0.2) is 42.4 Å². The third-order valence-electron chi connectivity index (χ3n) is 2.38. The summed E-state index contributed by atoms with van der Waals surface area (Å²) in [7, 11) is 1.58. The fraction of sp³-hybridized carbons (Fsp3) is 0.583. The van der Waals surface area contributed by atoms with Crippen molar-refractivity contribution in [3.05, 3.63) is 12.2 Å². The lowest BCUT2D eigenvalue weighted by Gasteiger charge is -2.10. The number of ketones is 1. The second kappa shape index (κ2) is 9.35. The van der Waals surface area contributed by atoms with Crippen molar-refractivity contribution in [3.63, 3.8) is 0 Å². The van der Waals surface area contributed by atoms with Crippen LogP contribution >= 0.6 is 0 Å². The Balaban J connectivity index is 3.78. The molecule has 0 fully saturated rings. The monoisotopic (exact) mass is 256 g/mol. The van der Waals surface area contributed by atoms with Crippen LogP contribution in [0, 0.1) is 0 Å². The van der Waals surface area contributed by atoms with E-state index < -0.39 is 12.0 Å². The third kappa shape index (κ3) is 7.56. The van der Waals surface area contributed by atoms with Crippen LogP contribution in [0.15, 0.2) is 12.2 Å². The molecule has 0 spiro atoms. The van der Waals surface area contributed by atoms with Gasteiger partial charge in [0.2, 0.25) is 5.91 Å². The number of likely N-dealkylation sites (N-methyl/N-ethyl adjacent to an activating group) is 1. The molecule has 0 bridgehead atoms. The molecule has 1 atom stereocenters. The Morgan fingerprint density at radius 1 is 1.28 bits per heavy atom. The normalized spacial score (nSPS) is 12.3. The van der Waals surface area contributed by atoms with Gasteiger partial charge >= 0.3 is 5.97 Å². The van der Waals surface area contributed by atoms with Gasteiger partial charge in [-0.25, -0.2) is 0 Å². The minimum Gasteiger partial charge on any atom is -0.480 e. The summed E-state index contributed by atoms with van der Waals surface area (Å²) in [5, 5.41) is 14.0. The largest absolute Gasteiger partial charge is 0.480 e. The highest BCUT2D eigenvalue weighted by Crippen LogP contribution is 1.95. The Morgan fingerprint density at radius 3 is 2.44 bits per heavy atom. The second-order valence-corrected chi connectivity index (χ2v) is 3.77. The minimum atomic E-state index is -0.905. The lowest BCUT2D eigenvalue weighted by atomic mass is 10.1. The van der Waals surface area contributed by atoms with Crippen molar-refractivity contribution < 1.29 is 19.5 Å². The molecule has 0 saturated heterocycles. The molecule has 0 heterocycles. The summed E-state index contributed by atoms with van der Waals surface area (Å²) in [5.74, 6) is -1.35. The Labute approximate surface area is 106 Å². The molecule has 0 aromatic heterocycles. The van der Waals surface area contributed by atoms with Crippen molar-refractivity contribution in [1.29, 1.82) is 0 Å². The fourth-order valence-corrected chi connectivity index (χ4v) is 1.25. The zero-order chi connectivity index (χ0) is 14.0. The van der Waals surface area contributed by atoms with E-state index in [4.69, 9.17) is 5.11 Å². The third-order valence-corrected chi connectivity index (χ3v) is 2.38. The fourth-order valence-electron chi connectivity index (χ4n) is 1.25. The first-order valence-corrected chi connectivity index (χ1v) is 5.90. The van der Waals surface area contributed by atoms with E-state index in [1.165, 1.54) is 12.2 Å². The summed E-state index contributed by atoms with van der Waals surface area (Å²) in [5.41, 5.74) is 0. The van der Waals surface area contributed by atoms with Gasteiger partial charge in [0.05, 0.1) is 0 Å². The first kappa shape index (κ1) is 16.3. The Morgan fingerprint density at radius 2 is 1.94 bits per heavy atom. The maximum absolute atomic E-state index is 11.2. The van der Waals surface area contributed by atoms with Gasteiger partial charge in [-0.2, -0.15) is 0 Å². The Hall–Kier alpha value is -1.69. The van der Waals surface area contributed by atoms with Crippen LogP contribution in [0.25, 0.3) is 0 Å². The van der Waals surface area contributed by atoms with Gasteiger partial charge in [-0.15, -0.1) is 0 Å². The molecule has 0 rings (SSSR count). The van der Waals surface area contributed by atoms with Crippen molar-refractivity contribution in [2.75, 3.05) is 13.6 Å². The summed E-state index contributed by atoms with van der Waals surface area (Å²) >= 11 is 0. The maximum Gasteiger partial charge on any atom is 0.320 e. The molecule has 6 nitrogen and oxygen atoms in total. The highest BCUT2D eigenvalue weighted by atomic mass is 16.4.